The molecule has 0 aliphatic carbocycles. The molecular weight excluding hydrogens is 532 g/mol. The summed E-state index contributed by atoms with van der Waals surface area (Å²) in [5.41, 5.74) is 1.25. The minimum Gasteiger partial charge on any atom is -0.494 e. The van der Waals surface area contributed by atoms with Gasteiger partial charge in [0.15, 0.2) is 0 Å². The van der Waals surface area contributed by atoms with E-state index in [2.05, 4.69) is 15.6 Å². The van der Waals surface area contributed by atoms with Crippen molar-refractivity contribution in [3.63, 3.8) is 0 Å². The van der Waals surface area contributed by atoms with Gasteiger partial charge in [-0.05, 0) is 51.0 Å². The molecule has 0 saturated carbocycles. The number of anilines is 1. The summed E-state index contributed by atoms with van der Waals surface area (Å²) in [6.45, 7) is 5.70. The highest BCUT2D eigenvalue weighted by Gasteiger charge is 2.23. The molecule has 0 radical (unpaired) electrons. The summed E-state index contributed by atoms with van der Waals surface area (Å²) in [5, 5.41) is 18.7. The van der Waals surface area contributed by atoms with Gasteiger partial charge in [0, 0.05) is 48.5 Å². The topological polar surface area (TPSA) is 123 Å². The van der Waals surface area contributed by atoms with Crippen LogP contribution in [-0.4, -0.2) is 48.5 Å². The van der Waals surface area contributed by atoms with Crippen LogP contribution in [-0.2, 0) is 18.2 Å². The second-order valence-corrected chi connectivity index (χ2v) is 11.1. The van der Waals surface area contributed by atoms with Crippen molar-refractivity contribution in [3.05, 3.63) is 101 Å². The third-order valence-corrected chi connectivity index (χ3v) is 6.71. The number of nitrogens with one attached hydrogen (secondary N) is 2. The summed E-state index contributed by atoms with van der Waals surface area (Å²) in [6, 6.07) is 20.3. The lowest BCUT2D eigenvalue weighted by atomic mass is 10.1. The smallest absolute Gasteiger partial charge is 0.407 e. The van der Waals surface area contributed by atoms with Gasteiger partial charge in [-0.15, -0.1) is 0 Å². The second kappa shape index (κ2) is 11.8. The Morgan fingerprint density at radius 1 is 1.02 bits per heavy atom. The average molecular weight is 567 g/mol. The highest BCUT2D eigenvalue weighted by atomic mass is 16.6. The number of aromatic hydroxyl groups is 1. The molecule has 216 valence electrons. The van der Waals surface area contributed by atoms with Gasteiger partial charge in [0.1, 0.15) is 17.0 Å². The summed E-state index contributed by atoms with van der Waals surface area (Å²) in [5.74, 6) is 0.251. The molecule has 0 spiro atoms. The van der Waals surface area contributed by atoms with E-state index in [1.54, 1.807) is 43.8 Å². The molecule has 0 aliphatic rings. The molecule has 5 rings (SSSR count). The van der Waals surface area contributed by atoms with E-state index >= 15 is 0 Å². The van der Waals surface area contributed by atoms with Crippen LogP contribution in [0.3, 0.4) is 0 Å². The van der Waals surface area contributed by atoms with Crippen LogP contribution in [0.2, 0.25) is 0 Å². The first-order valence-corrected chi connectivity index (χ1v) is 13.7. The zero-order chi connectivity index (χ0) is 29.9. The number of benzene rings is 2. The Morgan fingerprint density at radius 2 is 1.71 bits per heavy atom. The summed E-state index contributed by atoms with van der Waals surface area (Å²) >= 11 is 0. The number of pyridine rings is 1. The van der Waals surface area contributed by atoms with Crippen molar-refractivity contribution in [3.8, 4) is 22.8 Å². The number of carbonyl (C=O) groups excluding carboxylic acids is 1. The second-order valence-electron chi connectivity index (χ2n) is 11.1. The Kier molecular flexibility index (Phi) is 7.97. The zero-order valence-corrected chi connectivity index (χ0v) is 24.0. The van der Waals surface area contributed by atoms with Crippen molar-refractivity contribution in [2.45, 2.75) is 38.8 Å². The lowest BCUT2D eigenvalue weighted by molar-refractivity contribution is 0.0507. The largest absolute Gasteiger partial charge is 0.494 e. The molecular formula is C32H34N6O4. The molecule has 0 fully saturated rings. The maximum Gasteiger partial charge on any atom is 0.407 e. The van der Waals surface area contributed by atoms with Gasteiger partial charge in [-0.2, -0.15) is 0 Å². The van der Waals surface area contributed by atoms with Crippen molar-refractivity contribution < 1.29 is 14.6 Å². The molecule has 2 aromatic carbocycles. The fourth-order valence-electron chi connectivity index (χ4n) is 4.75. The van der Waals surface area contributed by atoms with Crippen molar-refractivity contribution >= 4 is 22.8 Å². The molecule has 0 aliphatic heterocycles. The molecule has 3 N–H and O–H groups in total. The van der Waals surface area contributed by atoms with Crippen LogP contribution < -0.4 is 16.2 Å². The minimum absolute atomic E-state index is 0.0509. The molecule has 10 heteroatoms. The van der Waals surface area contributed by atoms with Crippen LogP contribution >= 0.6 is 0 Å². The van der Waals surface area contributed by atoms with E-state index in [-0.39, 0.29) is 29.7 Å². The van der Waals surface area contributed by atoms with Crippen LogP contribution in [0.4, 0.5) is 10.7 Å². The molecule has 0 unspecified atom stereocenters. The van der Waals surface area contributed by atoms with Crippen LogP contribution in [0.15, 0.2) is 90.1 Å². The third-order valence-electron chi connectivity index (χ3n) is 6.71. The Balaban J connectivity index is 1.52. The van der Waals surface area contributed by atoms with Crippen LogP contribution in [0.1, 0.15) is 26.3 Å². The van der Waals surface area contributed by atoms with E-state index in [1.165, 1.54) is 9.13 Å². The highest BCUT2D eigenvalue weighted by molar-refractivity contribution is 5.89. The highest BCUT2D eigenvalue weighted by Crippen LogP contribution is 2.32. The number of amides is 1. The van der Waals surface area contributed by atoms with Gasteiger partial charge in [0.05, 0.1) is 6.04 Å². The Labute approximate surface area is 243 Å². The summed E-state index contributed by atoms with van der Waals surface area (Å²) < 4.78 is 8.37. The first-order valence-electron chi connectivity index (χ1n) is 13.7. The molecule has 5 aromatic rings. The van der Waals surface area contributed by atoms with E-state index in [0.717, 1.165) is 10.9 Å². The molecule has 42 heavy (non-hydrogen) atoms. The van der Waals surface area contributed by atoms with E-state index in [9.17, 15) is 14.7 Å². The first kappa shape index (κ1) is 28.4. The number of fused-ring (bicyclic) bond motifs is 1. The monoisotopic (exact) mass is 566 g/mol. The van der Waals surface area contributed by atoms with Crippen molar-refractivity contribution in [2.24, 2.45) is 7.05 Å². The van der Waals surface area contributed by atoms with E-state index in [4.69, 9.17) is 9.72 Å². The van der Waals surface area contributed by atoms with Gasteiger partial charge in [-0.25, -0.2) is 9.78 Å². The van der Waals surface area contributed by atoms with Crippen LogP contribution in [0.5, 0.6) is 5.88 Å². The standard InChI is InChI=1S/C32H34N6O4/c1-32(2,3)42-31(41)35-24(18-21-10-6-5-7-11-21)19-34-30-36-26(22-14-16-33-17-15-22)27(29(40)37(30)4)38-20-23-12-8-9-13-25(23)28(38)39/h5-17,20,24,39H,18-19H2,1-4H3,(H,34,36)(H,35,41)/t24-/m0/s1. The van der Waals surface area contributed by atoms with Gasteiger partial charge in [0.25, 0.3) is 5.56 Å². The predicted molar refractivity (Wildman–Crippen MR) is 163 cm³/mol. The van der Waals surface area contributed by atoms with Gasteiger partial charge in [0.2, 0.25) is 11.8 Å². The molecule has 0 bridgehead atoms. The third kappa shape index (κ3) is 6.27. The number of carbonyl (C=O) groups is 1. The number of rotatable bonds is 8. The number of nitrogens with zero attached hydrogens (tertiary/aromatic N) is 4. The van der Waals surface area contributed by atoms with Crippen molar-refractivity contribution in [1.29, 1.82) is 0 Å². The van der Waals surface area contributed by atoms with Gasteiger partial charge < -0.3 is 20.5 Å². The fraction of sp³-hybridized carbons (Fsp3) is 0.250. The maximum absolute atomic E-state index is 13.9. The zero-order valence-electron chi connectivity index (χ0n) is 24.0. The number of hydrogen-bond acceptors (Lipinski definition) is 7. The lowest BCUT2D eigenvalue weighted by Crippen LogP contribution is -2.44. The van der Waals surface area contributed by atoms with Crippen LogP contribution in [0, 0.1) is 0 Å². The van der Waals surface area contributed by atoms with E-state index in [0.29, 0.717) is 29.0 Å². The maximum atomic E-state index is 13.9. The summed E-state index contributed by atoms with van der Waals surface area (Å²) in [6.07, 6.45) is 4.97. The number of hydrogen-bond donors (Lipinski definition) is 3. The molecule has 1 atom stereocenters. The summed E-state index contributed by atoms with van der Waals surface area (Å²) in [7, 11) is 1.62. The Hall–Kier alpha value is -5.12. The predicted octanol–water partition coefficient (Wildman–Crippen LogP) is 5.04. The van der Waals surface area contributed by atoms with Crippen molar-refractivity contribution in [1.82, 2.24) is 24.4 Å². The SMILES string of the molecule is Cn1c(NC[C@H](Cc2ccccc2)NC(=O)OC(C)(C)C)nc(-c2ccncc2)c(-n2cc3ccccc3c2O)c1=O. The van der Waals surface area contributed by atoms with Crippen molar-refractivity contribution in [2.75, 3.05) is 11.9 Å². The van der Waals surface area contributed by atoms with Gasteiger partial charge in [-0.3, -0.25) is 18.9 Å². The lowest BCUT2D eigenvalue weighted by Gasteiger charge is -2.24. The van der Waals surface area contributed by atoms with Gasteiger partial charge >= 0.3 is 6.09 Å². The van der Waals surface area contributed by atoms with E-state index in [1.807, 2.05) is 69.3 Å². The first-order chi connectivity index (χ1) is 20.1. The van der Waals surface area contributed by atoms with Gasteiger partial charge in [-0.1, -0.05) is 48.5 Å². The number of aromatic nitrogens is 4. The molecule has 3 heterocycles. The van der Waals surface area contributed by atoms with Crippen LogP contribution in [0.25, 0.3) is 27.7 Å². The quantitative estimate of drug-likeness (QED) is 0.240. The van der Waals surface area contributed by atoms with E-state index < -0.39 is 11.7 Å². The fourth-order valence-corrected chi connectivity index (χ4v) is 4.75. The molecule has 0 saturated heterocycles. The minimum atomic E-state index is -0.648. The Morgan fingerprint density at radius 3 is 2.40 bits per heavy atom. The average Bonchev–Trinajstić information content (AvgIpc) is 3.29. The number of ether oxygens (including phenoxy) is 1. The summed E-state index contributed by atoms with van der Waals surface area (Å²) in [4.78, 5) is 35.6. The molecule has 10 nitrogen and oxygen atoms in total. The Bertz CT molecular complexity index is 1760. The normalized spacial score (nSPS) is 12.2. The molecule has 3 aromatic heterocycles. The number of alkyl carbamates (subject to hydrolysis) is 1. The molecule has 1 amide bonds.